The monoisotopic (exact) mass is 248 g/mol. The summed E-state index contributed by atoms with van der Waals surface area (Å²) in [4.78, 5) is 10.4. The molecule has 0 aliphatic heterocycles. The van der Waals surface area contributed by atoms with Crippen molar-refractivity contribution in [2.45, 2.75) is 76.5 Å². The van der Waals surface area contributed by atoms with E-state index in [0.29, 0.717) is 0 Å². The smallest absolute Gasteiger partial charge is 0.304 e. The normalized spacial score (nSPS) is 12.6. The molecule has 0 saturated heterocycles. The molecule has 0 rings (SSSR count). The molecule has 0 aliphatic rings. The van der Waals surface area contributed by atoms with Gasteiger partial charge in [-0.3, -0.25) is 4.79 Å². The minimum Gasteiger partial charge on any atom is -0.481 e. The van der Waals surface area contributed by atoms with Gasteiger partial charge in [0.2, 0.25) is 0 Å². The predicted molar refractivity (Wildman–Crippen MR) is 69.1 cm³/mol. The van der Waals surface area contributed by atoms with Gasteiger partial charge in [-0.25, -0.2) is 0 Å². The molecule has 0 saturated carbocycles. The largest absolute Gasteiger partial charge is 0.481 e. The number of hydrogen-bond donors (Lipinski definition) is 1. The van der Waals surface area contributed by atoms with Gasteiger partial charge in [0.25, 0.3) is 0 Å². The first kappa shape index (κ1) is 15.8. The number of hydrogen-bond acceptors (Lipinski definition) is 1. The summed E-state index contributed by atoms with van der Waals surface area (Å²) in [6.45, 7) is 2.23. The van der Waals surface area contributed by atoms with E-state index in [2.05, 4.69) is 6.92 Å². The zero-order valence-electron chi connectivity index (χ0n) is 10.4. The second-order valence-electron chi connectivity index (χ2n) is 4.46. The SMILES string of the molecule is CCCCCCCCCCC(Cl)CC(=O)O. The number of halogens is 1. The van der Waals surface area contributed by atoms with Crippen LogP contribution < -0.4 is 0 Å². The van der Waals surface area contributed by atoms with Crippen molar-refractivity contribution >= 4 is 17.6 Å². The summed E-state index contributed by atoms with van der Waals surface area (Å²) in [5, 5.41) is 8.34. The van der Waals surface area contributed by atoms with Crippen LogP contribution in [0.25, 0.3) is 0 Å². The Balaban J connectivity index is 3.11. The summed E-state index contributed by atoms with van der Waals surface area (Å²) < 4.78 is 0. The maximum Gasteiger partial charge on any atom is 0.304 e. The van der Waals surface area contributed by atoms with Crippen molar-refractivity contribution in [1.82, 2.24) is 0 Å². The quantitative estimate of drug-likeness (QED) is 0.429. The van der Waals surface area contributed by atoms with Gasteiger partial charge in [-0.05, 0) is 6.42 Å². The zero-order valence-corrected chi connectivity index (χ0v) is 11.1. The number of unbranched alkanes of at least 4 members (excludes halogenated alkanes) is 7. The lowest BCUT2D eigenvalue weighted by molar-refractivity contribution is -0.137. The first-order valence-electron chi connectivity index (χ1n) is 6.52. The van der Waals surface area contributed by atoms with Crippen molar-refractivity contribution in [3.8, 4) is 0 Å². The molecule has 2 nitrogen and oxygen atoms in total. The molecule has 16 heavy (non-hydrogen) atoms. The third kappa shape index (κ3) is 11.8. The van der Waals surface area contributed by atoms with E-state index in [-0.39, 0.29) is 11.8 Å². The van der Waals surface area contributed by atoms with E-state index in [9.17, 15) is 4.79 Å². The van der Waals surface area contributed by atoms with Gasteiger partial charge in [-0.1, -0.05) is 58.3 Å². The third-order valence-corrected chi connectivity index (χ3v) is 3.14. The van der Waals surface area contributed by atoms with Crippen molar-refractivity contribution < 1.29 is 9.90 Å². The van der Waals surface area contributed by atoms with Crippen molar-refractivity contribution in [1.29, 1.82) is 0 Å². The van der Waals surface area contributed by atoms with E-state index >= 15 is 0 Å². The fraction of sp³-hybridized carbons (Fsp3) is 0.923. The van der Waals surface area contributed by atoms with Gasteiger partial charge in [0.15, 0.2) is 0 Å². The molecule has 1 N–H and O–H groups in total. The van der Waals surface area contributed by atoms with Crippen LogP contribution in [0.1, 0.15) is 71.1 Å². The Labute approximate surface area is 104 Å². The molecule has 0 aromatic carbocycles. The maximum absolute atomic E-state index is 10.4. The van der Waals surface area contributed by atoms with Crippen molar-refractivity contribution in [2.75, 3.05) is 0 Å². The molecule has 1 atom stereocenters. The molecule has 0 amide bonds. The minimum atomic E-state index is -0.792. The van der Waals surface area contributed by atoms with Gasteiger partial charge in [0, 0.05) is 5.38 Å². The van der Waals surface area contributed by atoms with Crippen LogP contribution in [0, 0.1) is 0 Å². The van der Waals surface area contributed by atoms with Crippen LogP contribution >= 0.6 is 11.6 Å². The molecule has 0 aromatic rings. The summed E-state index contributed by atoms with van der Waals surface area (Å²) in [5.74, 6) is -0.792. The number of carboxylic acid groups (broad SMARTS) is 1. The lowest BCUT2D eigenvalue weighted by atomic mass is 10.1. The average molecular weight is 249 g/mol. The fourth-order valence-corrected chi connectivity index (χ4v) is 2.08. The lowest BCUT2D eigenvalue weighted by Crippen LogP contribution is -2.06. The number of aliphatic carboxylic acids is 1. The second-order valence-corrected chi connectivity index (χ2v) is 5.08. The molecular formula is C13H25ClO2. The van der Waals surface area contributed by atoms with Crippen LogP contribution in [0.5, 0.6) is 0 Å². The summed E-state index contributed by atoms with van der Waals surface area (Å²) >= 11 is 5.88. The topological polar surface area (TPSA) is 37.3 Å². The van der Waals surface area contributed by atoms with Crippen molar-refractivity contribution in [2.24, 2.45) is 0 Å². The van der Waals surface area contributed by atoms with Crippen molar-refractivity contribution in [3.05, 3.63) is 0 Å². The number of carbonyl (C=O) groups is 1. The first-order chi connectivity index (χ1) is 7.66. The van der Waals surface area contributed by atoms with E-state index in [1.807, 2.05) is 0 Å². The van der Waals surface area contributed by atoms with E-state index in [0.717, 1.165) is 12.8 Å². The van der Waals surface area contributed by atoms with E-state index in [1.54, 1.807) is 0 Å². The van der Waals surface area contributed by atoms with Gasteiger partial charge in [-0.2, -0.15) is 0 Å². The van der Waals surface area contributed by atoms with Gasteiger partial charge in [-0.15, -0.1) is 11.6 Å². The lowest BCUT2D eigenvalue weighted by Gasteiger charge is -2.06. The molecular weight excluding hydrogens is 224 g/mol. The zero-order chi connectivity index (χ0) is 12.2. The van der Waals surface area contributed by atoms with Crippen LogP contribution in [-0.2, 0) is 4.79 Å². The Morgan fingerprint density at radius 1 is 1.06 bits per heavy atom. The molecule has 96 valence electrons. The summed E-state index contributed by atoms with van der Waals surface area (Å²) in [5.41, 5.74) is 0. The molecule has 0 radical (unpaired) electrons. The number of carboxylic acids is 1. The Morgan fingerprint density at radius 3 is 2.06 bits per heavy atom. The minimum absolute atomic E-state index is 0.0953. The van der Waals surface area contributed by atoms with Gasteiger partial charge in [0.1, 0.15) is 0 Å². The number of rotatable bonds is 11. The summed E-state index contributed by atoms with van der Waals surface area (Å²) in [6.07, 6.45) is 11.1. The first-order valence-corrected chi connectivity index (χ1v) is 6.96. The second kappa shape index (κ2) is 11.3. The average Bonchev–Trinajstić information content (AvgIpc) is 2.21. The van der Waals surface area contributed by atoms with Crippen molar-refractivity contribution in [3.63, 3.8) is 0 Å². The van der Waals surface area contributed by atoms with E-state index < -0.39 is 5.97 Å². The standard InChI is InChI=1S/C13H25ClO2/c1-2-3-4-5-6-7-8-9-10-12(14)11-13(15)16/h12H,2-11H2,1H3,(H,15,16). The Bertz CT molecular complexity index is 171. The highest BCUT2D eigenvalue weighted by Crippen LogP contribution is 2.14. The highest BCUT2D eigenvalue weighted by molar-refractivity contribution is 6.21. The maximum atomic E-state index is 10.4. The predicted octanol–water partition coefficient (Wildman–Crippen LogP) is 4.60. The summed E-state index contributed by atoms with van der Waals surface area (Å²) in [6, 6.07) is 0. The molecule has 0 fully saturated rings. The molecule has 3 heteroatoms. The van der Waals surface area contributed by atoms with E-state index in [4.69, 9.17) is 16.7 Å². The van der Waals surface area contributed by atoms with Gasteiger partial charge in [0.05, 0.1) is 6.42 Å². The Hall–Kier alpha value is -0.240. The van der Waals surface area contributed by atoms with Crippen LogP contribution in [0.15, 0.2) is 0 Å². The van der Waals surface area contributed by atoms with Gasteiger partial charge < -0.3 is 5.11 Å². The van der Waals surface area contributed by atoms with Crippen LogP contribution in [0.4, 0.5) is 0 Å². The third-order valence-electron chi connectivity index (χ3n) is 2.77. The molecule has 0 heterocycles. The Kier molecular flexibility index (Phi) is 11.1. The molecule has 0 bridgehead atoms. The molecule has 1 unspecified atom stereocenters. The number of alkyl halides is 1. The molecule has 0 spiro atoms. The summed E-state index contributed by atoms with van der Waals surface area (Å²) in [7, 11) is 0. The Morgan fingerprint density at radius 2 is 1.56 bits per heavy atom. The molecule has 0 aliphatic carbocycles. The fourth-order valence-electron chi connectivity index (χ4n) is 1.79. The van der Waals surface area contributed by atoms with Crippen LogP contribution in [-0.4, -0.2) is 16.5 Å². The van der Waals surface area contributed by atoms with Crippen LogP contribution in [0.3, 0.4) is 0 Å². The highest BCUT2D eigenvalue weighted by atomic mass is 35.5. The van der Waals surface area contributed by atoms with E-state index in [1.165, 1.54) is 44.9 Å². The van der Waals surface area contributed by atoms with Crippen LogP contribution in [0.2, 0.25) is 0 Å². The van der Waals surface area contributed by atoms with Gasteiger partial charge >= 0.3 is 5.97 Å². The highest BCUT2D eigenvalue weighted by Gasteiger charge is 2.08. The molecule has 0 aromatic heterocycles.